The van der Waals surface area contributed by atoms with Gasteiger partial charge < -0.3 is 14.2 Å². The Balaban J connectivity index is 1.23. The zero-order valence-electron chi connectivity index (χ0n) is 27.0. The smallest absolute Gasteiger partial charge is 0.159 e. The van der Waals surface area contributed by atoms with Crippen LogP contribution in [0.1, 0.15) is 25.0 Å². The van der Waals surface area contributed by atoms with Gasteiger partial charge in [0.1, 0.15) is 5.58 Å². The van der Waals surface area contributed by atoms with Crippen molar-refractivity contribution in [2.45, 2.75) is 19.3 Å². The first-order valence-corrected chi connectivity index (χ1v) is 16.5. The number of hydrogen-bond acceptors (Lipinski definition) is 3. The molecule has 8 aromatic rings. The van der Waals surface area contributed by atoms with Gasteiger partial charge in [0.05, 0.1) is 5.69 Å². The summed E-state index contributed by atoms with van der Waals surface area (Å²) in [6.45, 7) is 4.68. The van der Waals surface area contributed by atoms with Crippen LogP contribution in [0, 0.1) is 0 Å². The Kier molecular flexibility index (Phi) is 6.48. The molecule has 9 rings (SSSR count). The first-order valence-electron chi connectivity index (χ1n) is 16.5. The molecule has 1 aromatic heterocycles. The lowest BCUT2D eigenvalue weighted by molar-refractivity contribution is 0.660. The van der Waals surface area contributed by atoms with Gasteiger partial charge in [-0.25, -0.2) is 0 Å². The second-order valence-corrected chi connectivity index (χ2v) is 13.0. The van der Waals surface area contributed by atoms with Crippen LogP contribution in [-0.2, 0) is 5.41 Å². The van der Waals surface area contributed by atoms with E-state index in [1.54, 1.807) is 0 Å². The number of para-hydroxylation sites is 4. The lowest BCUT2D eigenvalue weighted by Crippen LogP contribution is -2.17. The van der Waals surface area contributed by atoms with Crippen molar-refractivity contribution in [2.24, 2.45) is 0 Å². The molecule has 0 saturated heterocycles. The highest BCUT2D eigenvalue weighted by molar-refractivity contribution is 6.10. The van der Waals surface area contributed by atoms with E-state index in [0.717, 1.165) is 56.1 Å². The first-order chi connectivity index (χ1) is 23.6. The monoisotopic (exact) mass is 618 g/mol. The van der Waals surface area contributed by atoms with Gasteiger partial charge in [0, 0.05) is 44.6 Å². The van der Waals surface area contributed by atoms with Gasteiger partial charge in [0.15, 0.2) is 5.58 Å². The Morgan fingerprint density at radius 2 is 0.979 bits per heavy atom. The van der Waals surface area contributed by atoms with Crippen LogP contribution in [-0.4, -0.2) is 0 Å². The topological polar surface area (TPSA) is 19.6 Å². The van der Waals surface area contributed by atoms with Crippen LogP contribution in [0.15, 0.2) is 174 Å². The zero-order chi connectivity index (χ0) is 32.2. The molecule has 0 saturated carbocycles. The second kappa shape index (κ2) is 11.0. The molecule has 0 spiro atoms. The van der Waals surface area contributed by atoms with Crippen LogP contribution in [0.3, 0.4) is 0 Å². The van der Waals surface area contributed by atoms with Crippen molar-refractivity contribution in [3.63, 3.8) is 0 Å². The molecular weight excluding hydrogens is 585 g/mol. The standard InChI is InChI=1S/C45H34N2O/c1-45(2)40-24-11-9-21-36(40)37-28-27-35(30-41(37)45)46(31-15-5-3-6-16-31)33-19-13-20-34(29-33)47(32-17-7-4-8-18-32)42-25-14-23-39-38-22-10-12-26-43(38)48-44(39)42/h3-30H,1-2H3. The quantitative estimate of drug-likeness (QED) is 0.185. The molecular formula is C45H34N2O. The van der Waals surface area contributed by atoms with Gasteiger partial charge in [-0.15, -0.1) is 0 Å². The molecule has 48 heavy (non-hydrogen) atoms. The highest BCUT2D eigenvalue weighted by Gasteiger charge is 2.35. The van der Waals surface area contributed by atoms with Gasteiger partial charge in [-0.1, -0.05) is 117 Å². The molecule has 3 nitrogen and oxygen atoms in total. The minimum atomic E-state index is -0.0957. The normalized spacial score (nSPS) is 13.0. The maximum Gasteiger partial charge on any atom is 0.159 e. The van der Waals surface area contributed by atoms with Crippen molar-refractivity contribution in [3.8, 4) is 11.1 Å². The Hall–Kier alpha value is -6.06. The number of benzene rings is 7. The third-order valence-corrected chi connectivity index (χ3v) is 9.82. The summed E-state index contributed by atoms with van der Waals surface area (Å²) in [4.78, 5) is 4.67. The first kappa shape index (κ1) is 28.2. The molecule has 1 aliphatic carbocycles. The fourth-order valence-electron chi connectivity index (χ4n) is 7.54. The van der Waals surface area contributed by atoms with Gasteiger partial charge in [-0.2, -0.15) is 0 Å². The Bertz CT molecular complexity index is 2440. The molecule has 0 aliphatic heterocycles. The summed E-state index contributed by atoms with van der Waals surface area (Å²) < 4.78 is 6.56. The summed E-state index contributed by atoms with van der Waals surface area (Å²) in [6.07, 6.45) is 0. The van der Waals surface area contributed by atoms with Crippen molar-refractivity contribution in [1.29, 1.82) is 0 Å². The van der Waals surface area contributed by atoms with E-state index >= 15 is 0 Å². The Morgan fingerprint density at radius 1 is 0.417 bits per heavy atom. The zero-order valence-corrected chi connectivity index (χ0v) is 27.0. The third kappa shape index (κ3) is 4.43. The SMILES string of the molecule is CC1(C)c2ccccc2-c2ccc(N(c3ccccc3)c3cccc(N(c4ccccc4)c4cccc5c4oc4ccccc45)c3)cc21. The van der Waals surface area contributed by atoms with Gasteiger partial charge >= 0.3 is 0 Å². The molecule has 230 valence electrons. The van der Waals surface area contributed by atoms with E-state index in [0.29, 0.717) is 0 Å². The van der Waals surface area contributed by atoms with Crippen molar-refractivity contribution in [1.82, 2.24) is 0 Å². The van der Waals surface area contributed by atoms with E-state index in [9.17, 15) is 0 Å². The lowest BCUT2D eigenvalue weighted by Gasteiger charge is -2.30. The summed E-state index contributed by atoms with van der Waals surface area (Å²) in [5.41, 5.74) is 13.4. The molecule has 0 N–H and O–H groups in total. The molecule has 0 amide bonds. The van der Waals surface area contributed by atoms with Gasteiger partial charge in [-0.3, -0.25) is 0 Å². The second-order valence-electron chi connectivity index (χ2n) is 13.0. The summed E-state index contributed by atoms with van der Waals surface area (Å²) >= 11 is 0. The Morgan fingerprint density at radius 3 is 1.77 bits per heavy atom. The molecule has 1 heterocycles. The van der Waals surface area contributed by atoms with Crippen molar-refractivity contribution < 1.29 is 4.42 Å². The van der Waals surface area contributed by atoms with Crippen molar-refractivity contribution in [3.05, 3.63) is 181 Å². The number of nitrogens with zero attached hydrogens (tertiary/aromatic N) is 2. The van der Waals surface area contributed by atoms with E-state index in [2.05, 4.69) is 181 Å². The average molecular weight is 619 g/mol. The van der Waals surface area contributed by atoms with Crippen LogP contribution in [0.5, 0.6) is 0 Å². The van der Waals surface area contributed by atoms with Crippen LogP contribution in [0.4, 0.5) is 34.1 Å². The van der Waals surface area contributed by atoms with E-state index in [1.807, 2.05) is 12.1 Å². The molecule has 0 bridgehead atoms. The Labute approximate surface area is 280 Å². The van der Waals surface area contributed by atoms with Gasteiger partial charge in [-0.05, 0) is 89.0 Å². The fraction of sp³-hybridized carbons (Fsp3) is 0.0667. The van der Waals surface area contributed by atoms with Gasteiger partial charge in [0.2, 0.25) is 0 Å². The summed E-state index contributed by atoms with van der Waals surface area (Å²) in [5, 5.41) is 2.22. The minimum absolute atomic E-state index is 0.0957. The van der Waals surface area contributed by atoms with Crippen LogP contribution < -0.4 is 9.80 Å². The molecule has 3 heteroatoms. The number of hydrogen-bond donors (Lipinski definition) is 0. The van der Waals surface area contributed by atoms with E-state index < -0.39 is 0 Å². The number of rotatable bonds is 6. The summed E-state index contributed by atoms with van der Waals surface area (Å²) in [6, 6.07) is 60.5. The number of fused-ring (bicyclic) bond motifs is 6. The highest BCUT2D eigenvalue weighted by atomic mass is 16.3. The largest absolute Gasteiger partial charge is 0.454 e. The molecule has 1 aliphatic rings. The molecule has 0 radical (unpaired) electrons. The highest BCUT2D eigenvalue weighted by Crippen LogP contribution is 2.51. The molecule has 0 unspecified atom stereocenters. The molecule has 0 atom stereocenters. The van der Waals surface area contributed by atoms with E-state index in [-0.39, 0.29) is 5.41 Å². The minimum Gasteiger partial charge on any atom is -0.454 e. The summed E-state index contributed by atoms with van der Waals surface area (Å²) in [5.74, 6) is 0. The van der Waals surface area contributed by atoms with Gasteiger partial charge in [0.25, 0.3) is 0 Å². The van der Waals surface area contributed by atoms with Crippen LogP contribution >= 0.6 is 0 Å². The number of anilines is 6. The average Bonchev–Trinajstić information content (AvgIpc) is 3.63. The molecule has 0 fully saturated rings. The maximum atomic E-state index is 6.56. The van der Waals surface area contributed by atoms with Crippen LogP contribution in [0.25, 0.3) is 33.1 Å². The van der Waals surface area contributed by atoms with Crippen molar-refractivity contribution in [2.75, 3.05) is 9.80 Å². The predicted octanol–water partition coefficient (Wildman–Crippen LogP) is 12.8. The summed E-state index contributed by atoms with van der Waals surface area (Å²) in [7, 11) is 0. The maximum absolute atomic E-state index is 6.56. The lowest BCUT2D eigenvalue weighted by atomic mass is 9.82. The van der Waals surface area contributed by atoms with E-state index in [4.69, 9.17) is 4.42 Å². The predicted molar refractivity (Wildman–Crippen MR) is 201 cm³/mol. The molecule has 7 aromatic carbocycles. The van der Waals surface area contributed by atoms with Crippen molar-refractivity contribution >= 4 is 56.1 Å². The number of furan rings is 1. The van der Waals surface area contributed by atoms with E-state index in [1.165, 1.54) is 22.3 Å². The van der Waals surface area contributed by atoms with Crippen LogP contribution in [0.2, 0.25) is 0 Å². The third-order valence-electron chi connectivity index (χ3n) is 9.82. The fourth-order valence-corrected chi connectivity index (χ4v) is 7.54.